The molecular formula is C7H9O2P. The van der Waals surface area contributed by atoms with Crippen molar-refractivity contribution in [3.63, 3.8) is 0 Å². The molecule has 0 amide bonds. The normalized spacial score (nSPS) is 9.80. The van der Waals surface area contributed by atoms with Gasteiger partial charge in [0.25, 0.3) is 0 Å². The molecule has 0 aliphatic rings. The van der Waals surface area contributed by atoms with Crippen molar-refractivity contribution < 1.29 is 10.2 Å². The summed E-state index contributed by atoms with van der Waals surface area (Å²) in [4.78, 5) is 0. The predicted molar refractivity (Wildman–Crippen MR) is 43.4 cm³/mol. The molecule has 2 nitrogen and oxygen atoms in total. The Labute approximate surface area is 61.7 Å². The molecule has 1 rings (SSSR count). The molecule has 1 unspecified atom stereocenters. The lowest BCUT2D eigenvalue weighted by Gasteiger charge is -2.00. The maximum absolute atomic E-state index is 8.95. The number of hydrogen-bond acceptors (Lipinski definition) is 2. The zero-order valence-electron chi connectivity index (χ0n) is 5.41. The van der Waals surface area contributed by atoms with E-state index in [2.05, 4.69) is 9.24 Å². The quantitative estimate of drug-likeness (QED) is 0.577. The molecule has 0 aromatic heterocycles. The van der Waals surface area contributed by atoms with E-state index in [0.29, 0.717) is 0 Å². The van der Waals surface area contributed by atoms with Crippen LogP contribution in [-0.2, 0) is 6.61 Å². The van der Waals surface area contributed by atoms with Gasteiger partial charge in [-0.3, -0.25) is 0 Å². The Morgan fingerprint density at radius 1 is 1.40 bits per heavy atom. The van der Waals surface area contributed by atoms with Crippen LogP contribution < -0.4 is 5.30 Å². The van der Waals surface area contributed by atoms with E-state index < -0.39 is 0 Å². The molecule has 0 fully saturated rings. The van der Waals surface area contributed by atoms with E-state index in [9.17, 15) is 0 Å². The van der Waals surface area contributed by atoms with E-state index in [1.165, 1.54) is 0 Å². The highest BCUT2D eigenvalue weighted by molar-refractivity contribution is 7.27. The minimum Gasteiger partial charge on any atom is -0.508 e. The molecule has 0 aliphatic heterocycles. The third kappa shape index (κ3) is 1.47. The van der Waals surface area contributed by atoms with Gasteiger partial charge in [0.05, 0.1) is 6.61 Å². The lowest BCUT2D eigenvalue weighted by Crippen LogP contribution is -1.99. The molecule has 0 saturated heterocycles. The Morgan fingerprint density at radius 2 is 2.10 bits per heavy atom. The van der Waals surface area contributed by atoms with Crippen LogP contribution >= 0.6 is 9.24 Å². The van der Waals surface area contributed by atoms with E-state index in [1.54, 1.807) is 18.2 Å². The highest BCUT2D eigenvalue weighted by atomic mass is 31.0. The van der Waals surface area contributed by atoms with Crippen molar-refractivity contribution in [3.8, 4) is 5.75 Å². The van der Waals surface area contributed by atoms with Gasteiger partial charge >= 0.3 is 0 Å². The van der Waals surface area contributed by atoms with Crippen molar-refractivity contribution in [2.75, 3.05) is 0 Å². The molecule has 54 valence electrons. The number of benzene rings is 1. The van der Waals surface area contributed by atoms with Crippen LogP contribution in [0.15, 0.2) is 18.2 Å². The van der Waals surface area contributed by atoms with Crippen LogP contribution in [0.2, 0.25) is 0 Å². The summed E-state index contributed by atoms with van der Waals surface area (Å²) < 4.78 is 0. The maximum atomic E-state index is 8.95. The number of phenolic OH excluding ortho intramolecular Hbond substituents is 1. The molecule has 0 aliphatic carbocycles. The third-order valence-electron chi connectivity index (χ3n) is 1.30. The Balaban J connectivity index is 3.09. The van der Waals surface area contributed by atoms with Crippen molar-refractivity contribution in [1.82, 2.24) is 0 Å². The number of aliphatic hydroxyl groups excluding tert-OH is 1. The zero-order chi connectivity index (χ0) is 7.56. The summed E-state index contributed by atoms with van der Waals surface area (Å²) in [7, 11) is 2.48. The van der Waals surface area contributed by atoms with E-state index in [0.717, 1.165) is 10.9 Å². The molecule has 0 bridgehead atoms. The first-order valence-corrected chi connectivity index (χ1v) is 3.50. The van der Waals surface area contributed by atoms with E-state index in [1.807, 2.05) is 0 Å². The Kier molecular flexibility index (Phi) is 2.25. The summed E-state index contributed by atoms with van der Waals surface area (Å²) in [5, 5.41) is 18.6. The van der Waals surface area contributed by atoms with Gasteiger partial charge in [0.2, 0.25) is 0 Å². The summed E-state index contributed by atoms with van der Waals surface area (Å²) in [6.45, 7) is -0.0345. The van der Waals surface area contributed by atoms with Crippen molar-refractivity contribution in [2.24, 2.45) is 0 Å². The molecule has 0 spiro atoms. The highest BCUT2D eigenvalue weighted by Crippen LogP contribution is 2.10. The second-order valence-electron chi connectivity index (χ2n) is 2.04. The van der Waals surface area contributed by atoms with Crippen molar-refractivity contribution in [1.29, 1.82) is 0 Å². The predicted octanol–water partition coefficient (Wildman–Crippen LogP) is 0.385. The van der Waals surface area contributed by atoms with Crippen LogP contribution in [0.3, 0.4) is 0 Å². The van der Waals surface area contributed by atoms with Crippen molar-refractivity contribution >= 4 is 14.5 Å². The summed E-state index contributed by atoms with van der Waals surface area (Å²) in [6.07, 6.45) is 0. The molecule has 0 heterocycles. The van der Waals surface area contributed by atoms with Gasteiger partial charge in [0.1, 0.15) is 5.75 Å². The van der Waals surface area contributed by atoms with Gasteiger partial charge in [-0.15, -0.1) is 9.24 Å². The molecule has 3 heteroatoms. The van der Waals surface area contributed by atoms with Crippen LogP contribution in [-0.4, -0.2) is 10.2 Å². The van der Waals surface area contributed by atoms with Gasteiger partial charge < -0.3 is 10.2 Å². The number of hydrogen-bond donors (Lipinski definition) is 2. The molecule has 10 heavy (non-hydrogen) atoms. The monoisotopic (exact) mass is 156 g/mol. The molecule has 1 aromatic rings. The largest absolute Gasteiger partial charge is 0.508 e. The first kappa shape index (κ1) is 7.52. The van der Waals surface area contributed by atoms with Crippen LogP contribution in [0, 0.1) is 0 Å². The van der Waals surface area contributed by atoms with E-state index >= 15 is 0 Å². The Morgan fingerprint density at radius 3 is 2.60 bits per heavy atom. The topological polar surface area (TPSA) is 40.5 Å². The van der Waals surface area contributed by atoms with Crippen LogP contribution in [0.4, 0.5) is 0 Å². The fraction of sp³-hybridized carbons (Fsp3) is 0.143. The fourth-order valence-corrected chi connectivity index (χ4v) is 1.000. The SMILES string of the molecule is OCc1cc(O)ccc1P. The standard InChI is InChI=1S/C7H9O2P/c8-4-5-3-6(9)1-2-7(5)10/h1-3,8-9H,4,10H2. The minimum atomic E-state index is -0.0345. The molecule has 1 atom stereocenters. The van der Waals surface area contributed by atoms with E-state index in [-0.39, 0.29) is 12.4 Å². The van der Waals surface area contributed by atoms with Crippen LogP contribution in [0.1, 0.15) is 5.56 Å². The maximum Gasteiger partial charge on any atom is 0.115 e. The first-order chi connectivity index (χ1) is 4.74. The van der Waals surface area contributed by atoms with E-state index in [4.69, 9.17) is 10.2 Å². The molecule has 0 radical (unpaired) electrons. The third-order valence-corrected chi connectivity index (χ3v) is 1.86. The summed E-state index contributed by atoms with van der Waals surface area (Å²) in [5.41, 5.74) is 0.741. The second-order valence-corrected chi connectivity index (χ2v) is 2.66. The van der Waals surface area contributed by atoms with Gasteiger partial charge in [0.15, 0.2) is 0 Å². The minimum absolute atomic E-state index is 0.0345. The summed E-state index contributed by atoms with van der Waals surface area (Å²) in [6, 6.07) is 4.87. The molecular weight excluding hydrogens is 147 g/mol. The molecule has 2 N–H and O–H groups in total. The lowest BCUT2D eigenvalue weighted by atomic mass is 10.2. The van der Waals surface area contributed by atoms with Gasteiger partial charge in [-0.1, -0.05) is 6.07 Å². The zero-order valence-corrected chi connectivity index (χ0v) is 6.57. The van der Waals surface area contributed by atoms with Crippen molar-refractivity contribution in [3.05, 3.63) is 23.8 Å². The number of rotatable bonds is 1. The van der Waals surface area contributed by atoms with Crippen molar-refractivity contribution in [2.45, 2.75) is 6.61 Å². The highest BCUT2D eigenvalue weighted by Gasteiger charge is 1.96. The van der Waals surface area contributed by atoms with Gasteiger partial charge in [0, 0.05) is 0 Å². The number of aliphatic hydroxyl groups is 1. The van der Waals surface area contributed by atoms with Gasteiger partial charge in [-0.25, -0.2) is 0 Å². The Hall–Kier alpha value is -0.590. The lowest BCUT2D eigenvalue weighted by molar-refractivity contribution is 0.282. The first-order valence-electron chi connectivity index (χ1n) is 2.92. The smallest absolute Gasteiger partial charge is 0.115 e. The summed E-state index contributed by atoms with van der Waals surface area (Å²) >= 11 is 0. The number of phenols is 1. The Bertz CT molecular complexity index is 235. The van der Waals surface area contributed by atoms with Gasteiger partial charge in [-0.2, -0.15) is 0 Å². The van der Waals surface area contributed by atoms with Crippen LogP contribution in [0.5, 0.6) is 5.75 Å². The van der Waals surface area contributed by atoms with Crippen LogP contribution in [0.25, 0.3) is 0 Å². The second kappa shape index (κ2) is 3.00. The summed E-state index contributed by atoms with van der Waals surface area (Å²) in [5.74, 6) is 0.190. The average Bonchev–Trinajstić information content (AvgIpc) is 1.94. The average molecular weight is 156 g/mol. The fourth-order valence-electron chi connectivity index (χ4n) is 0.729. The van der Waals surface area contributed by atoms with Gasteiger partial charge in [-0.05, 0) is 23.0 Å². The molecule has 0 saturated carbocycles. The molecule has 1 aromatic carbocycles. The number of aromatic hydroxyl groups is 1.